The minimum absolute atomic E-state index is 0.0435. The quantitative estimate of drug-likeness (QED) is 0.840. The Labute approximate surface area is 97.8 Å². The number of carbonyl (C=O) groups is 1. The summed E-state index contributed by atoms with van der Waals surface area (Å²) in [5.74, 6) is -1.16. The monoisotopic (exact) mass is 235 g/mol. The zero-order valence-corrected chi connectivity index (χ0v) is 9.34. The fraction of sp³-hybridized carbons (Fsp3) is 0.250. The second-order valence-electron chi connectivity index (χ2n) is 3.69. The molecule has 0 amide bonds. The average Bonchev–Trinajstić information content (AvgIpc) is 2.76. The number of methoxy groups -OCH3 is 1. The van der Waals surface area contributed by atoms with Crippen molar-refractivity contribution in [3.63, 3.8) is 0 Å². The van der Waals surface area contributed by atoms with E-state index in [1.165, 1.54) is 13.4 Å². The van der Waals surface area contributed by atoms with Crippen molar-refractivity contribution in [1.82, 2.24) is 0 Å². The van der Waals surface area contributed by atoms with Gasteiger partial charge < -0.3 is 20.0 Å². The lowest BCUT2D eigenvalue weighted by Gasteiger charge is -2.11. The van der Waals surface area contributed by atoms with Gasteiger partial charge in [0.25, 0.3) is 0 Å². The second kappa shape index (κ2) is 4.47. The predicted octanol–water partition coefficient (Wildman–Crippen LogP) is 1.57. The number of nitrogens with two attached hydrogens (primary N) is 1. The summed E-state index contributed by atoms with van der Waals surface area (Å²) < 4.78 is 10.4. The van der Waals surface area contributed by atoms with Crippen LogP contribution < -0.4 is 10.5 Å². The molecule has 0 radical (unpaired) electrons. The molecule has 1 aromatic heterocycles. The molecule has 2 aromatic rings. The highest BCUT2D eigenvalue weighted by atomic mass is 16.5. The number of carboxylic acid groups (broad SMARTS) is 1. The first-order valence-corrected chi connectivity index (χ1v) is 5.15. The summed E-state index contributed by atoms with van der Waals surface area (Å²) in [6.45, 7) is 0.0435. The Morgan fingerprint density at radius 1 is 1.59 bits per heavy atom. The van der Waals surface area contributed by atoms with Gasteiger partial charge in [-0.05, 0) is 23.8 Å². The molecule has 90 valence electrons. The molecule has 0 saturated carbocycles. The highest BCUT2D eigenvalue weighted by Gasteiger charge is 2.20. The summed E-state index contributed by atoms with van der Waals surface area (Å²) >= 11 is 0. The van der Waals surface area contributed by atoms with Gasteiger partial charge in [0.1, 0.15) is 0 Å². The molecule has 0 bridgehead atoms. The van der Waals surface area contributed by atoms with Crippen molar-refractivity contribution < 1.29 is 19.1 Å². The van der Waals surface area contributed by atoms with Crippen molar-refractivity contribution in [2.75, 3.05) is 13.7 Å². The van der Waals surface area contributed by atoms with Crippen molar-refractivity contribution in [1.29, 1.82) is 0 Å². The van der Waals surface area contributed by atoms with Crippen molar-refractivity contribution in [3.05, 3.63) is 30.0 Å². The third-order valence-electron chi connectivity index (χ3n) is 2.70. The molecule has 0 aliphatic rings. The van der Waals surface area contributed by atoms with Crippen molar-refractivity contribution in [3.8, 4) is 5.75 Å². The summed E-state index contributed by atoms with van der Waals surface area (Å²) in [5.41, 5.74) is 6.70. The molecule has 1 heterocycles. The number of furan rings is 1. The van der Waals surface area contributed by atoms with Crippen LogP contribution in [0.5, 0.6) is 5.75 Å². The lowest BCUT2D eigenvalue weighted by molar-refractivity contribution is -0.138. The van der Waals surface area contributed by atoms with Crippen LogP contribution in [0.15, 0.2) is 28.9 Å². The van der Waals surface area contributed by atoms with E-state index < -0.39 is 11.9 Å². The highest BCUT2D eigenvalue weighted by molar-refractivity contribution is 5.86. The van der Waals surface area contributed by atoms with Crippen LogP contribution in [0.3, 0.4) is 0 Å². The maximum atomic E-state index is 11.1. The molecule has 5 heteroatoms. The zero-order valence-electron chi connectivity index (χ0n) is 9.34. The molecule has 1 atom stereocenters. The van der Waals surface area contributed by atoms with Gasteiger partial charge in [0, 0.05) is 11.9 Å². The standard InChI is InChI=1S/C12H13NO4/c1-16-10-5-8(9(6-13)12(14)15)4-7-2-3-17-11(7)10/h2-5,9H,6,13H2,1H3,(H,14,15). The van der Waals surface area contributed by atoms with Crippen molar-refractivity contribution in [2.24, 2.45) is 5.73 Å². The molecule has 0 aliphatic heterocycles. The van der Waals surface area contributed by atoms with Gasteiger partial charge in [0.15, 0.2) is 11.3 Å². The summed E-state index contributed by atoms with van der Waals surface area (Å²) in [5, 5.41) is 9.87. The highest BCUT2D eigenvalue weighted by Crippen LogP contribution is 2.31. The summed E-state index contributed by atoms with van der Waals surface area (Å²) in [4.78, 5) is 11.1. The van der Waals surface area contributed by atoms with Gasteiger partial charge in [-0.3, -0.25) is 4.79 Å². The summed E-state index contributed by atoms with van der Waals surface area (Å²) in [7, 11) is 1.51. The smallest absolute Gasteiger partial charge is 0.312 e. The molecule has 17 heavy (non-hydrogen) atoms. The van der Waals surface area contributed by atoms with E-state index in [9.17, 15) is 4.79 Å². The minimum atomic E-state index is -0.947. The topological polar surface area (TPSA) is 85.7 Å². The van der Waals surface area contributed by atoms with E-state index in [0.29, 0.717) is 16.9 Å². The van der Waals surface area contributed by atoms with E-state index in [2.05, 4.69) is 0 Å². The van der Waals surface area contributed by atoms with Crippen molar-refractivity contribution in [2.45, 2.75) is 5.92 Å². The van der Waals surface area contributed by atoms with Gasteiger partial charge in [0.05, 0.1) is 19.3 Å². The van der Waals surface area contributed by atoms with Crippen LogP contribution in [0.1, 0.15) is 11.5 Å². The van der Waals surface area contributed by atoms with E-state index in [-0.39, 0.29) is 6.54 Å². The van der Waals surface area contributed by atoms with Crippen LogP contribution in [0, 0.1) is 0 Å². The van der Waals surface area contributed by atoms with Crippen molar-refractivity contribution >= 4 is 16.9 Å². The number of rotatable bonds is 4. The van der Waals surface area contributed by atoms with Crippen LogP contribution >= 0.6 is 0 Å². The van der Waals surface area contributed by atoms with Crippen LogP contribution in [-0.2, 0) is 4.79 Å². The second-order valence-corrected chi connectivity index (χ2v) is 3.69. The van der Waals surface area contributed by atoms with Gasteiger partial charge in [-0.1, -0.05) is 0 Å². The zero-order chi connectivity index (χ0) is 12.4. The average molecular weight is 235 g/mol. The van der Waals surface area contributed by atoms with E-state index in [1.54, 1.807) is 18.2 Å². The third-order valence-corrected chi connectivity index (χ3v) is 2.70. The molecular formula is C12H13NO4. The summed E-state index contributed by atoms with van der Waals surface area (Å²) in [6, 6.07) is 5.17. The maximum Gasteiger partial charge on any atom is 0.312 e. The molecule has 0 fully saturated rings. The van der Waals surface area contributed by atoms with Crippen LogP contribution in [0.25, 0.3) is 11.0 Å². The molecule has 0 saturated heterocycles. The molecule has 0 spiro atoms. The number of fused-ring (bicyclic) bond motifs is 1. The van der Waals surface area contributed by atoms with E-state index in [4.69, 9.17) is 20.0 Å². The van der Waals surface area contributed by atoms with Gasteiger partial charge in [-0.2, -0.15) is 0 Å². The number of hydrogen-bond acceptors (Lipinski definition) is 4. The third kappa shape index (κ3) is 1.97. The maximum absolute atomic E-state index is 11.1. The Bertz CT molecular complexity index is 546. The van der Waals surface area contributed by atoms with Gasteiger partial charge in [0.2, 0.25) is 0 Å². The lowest BCUT2D eigenvalue weighted by atomic mass is 9.98. The molecule has 2 rings (SSSR count). The van der Waals surface area contributed by atoms with Gasteiger partial charge >= 0.3 is 5.97 Å². The minimum Gasteiger partial charge on any atom is -0.493 e. The fourth-order valence-electron chi connectivity index (χ4n) is 1.80. The molecule has 5 nitrogen and oxygen atoms in total. The number of hydrogen-bond donors (Lipinski definition) is 2. The van der Waals surface area contributed by atoms with Crippen LogP contribution in [0.2, 0.25) is 0 Å². The molecule has 1 unspecified atom stereocenters. The molecule has 1 aromatic carbocycles. The normalized spacial score (nSPS) is 12.6. The largest absolute Gasteiger partial charge is 0.493 e. The number of benzene rings is 1. The molecule has 3 N–H and O–H groups in total. The van der Waals surface area contributed by atoms with E-state index >= 15 is 0 Å². The SMILES string of the molecule is COc1cc(C(CN)C(=O)O)cc2ccoc12. The van der Waals surface area contributed by atoms with Crippen LogP contribution in [0.4, 0.5) is 0 Å². The Morgan fingerprint density at radius 2 is 2.35 bits per heavy atom. The number of aliphatic carboxylic acids is 1. The fourth-order valence-corrected chi connectivity index (χ4v) is 1.80. The Hall–Kier alpha value is -2.01. The predicted molar refractivity (Wildman–Crippen MR) is 62.2 cm³/mol. The molecular weight excluding hydrogens is 222 g/mol. The van der Waals surface area contributed by atoms with E-state index in [0.717, 1.165) is 5.39 Å². The summed E-state index contributed by atoms with van der Waals surface area (Å²) in [6.07, 6.45) is 1.54. The first-order chi connectivity index (χ1) is 8.17. The van der Waals surface area contributed by atoms with Crippen LogP contribution in [-0.4, -0.2) is 24.7 Å². The number of ether oxygens (including phenoxy) is 1. The van der Waals surface area contributed by atoms with Gasteiger partial charge in [-0.15, -0.1) is 0 Å². The van der Waals surface area contributed by atoms with E-state index in [1.807, 2.05) is 0 Å². The Morgan fingerprint density at radius 3 is 2.94 bits per heavy atom. The Balaban J connectivity index is 2.58. The lowest BCUT2D eigenvalue weighted by Crippen LogP contribution is -2.21. The number of carboxylic acids is 1. The Kier molecular flexibility index (Phi) is 3.01. The van der Waals surface area contributed by atoms with Gasteiger partial charge in [-0.25, -0.2) is 0 Å². The first kappa shape index (κ1) is 11.5. The molecule has 0 aliphatic carbocycles. The first-order valence-electron chi connectivity index (χ1n) is 5.15.